The summed E-state index contributed by atoms with van der Waals surface area (Å²) in [5.41, 5.74) is 10.2. The van der Waals surface area contributed by atoms with E-state index < -0.39 is 0 Å². The first-order chi connectivity index (χ1) is 14.0. The SMILES string of the molecule is Cc1cc(C)n(-c2ccc(CNC(=O)C3CC(c4cccc(Cl)c4)NN3)cn2)n1. The van der Waals surface area contributed by atoms with Crippen molar-refractivity contribution in [3.8, 4) is 5.82 Å². The highest BCUT2D eigenvalue weighted by Crippen LogP contribution is 2.24. The Kier molecular flexibility index (Phi) is 5.62. The summed E-state index contributed by atoms with van der Waals surface area (Å²) in [5, 5.41) is 8.09. The number of carbonyl (C=O) groups is 1. The van der Waals surface area contributed by atoms with E-state index in [2.05, 4.69) is 26.3 Å². The number of nitrogens with zero attached hydrogens (tertiary/aromatic N) is 3. The maximum Gasteiger partial charge on any atom is 0.238 e. The van der Waals surface area contributed by atoms with Gasteiger partial charge in [-0.05, 0) is 55.7 Å². The van der Waals surface area contributed by atoms with Crippen LogP contribution in [0.1, 0.15) is 35.0 Å². The van der Waals surface area contributed by atoms with Crippen LogP contribution in [0.15, 0.2) is 48.7 Å². The molecule has 2 aromatic heterocycles. The Labute approximate surface area is 174 Å². The first-order valence-electron chi connectivity index (χ1n) is 9.52. The molecule has 3 N–H and O–H groups in total. The van der Waals surface area contributed by atoms with Crippen LogP contribution in [-0.4, -0.2) is 26.7 Å². The zero-order chi connectivity index (χ0) is 20.4. The van der Waals surface area contributed by atoms with Crippen molar-refractivity contribution in [1.29, 1.82) is 0 Å². The van der Waals surface area contributed by atoms with Crippen molar-refractivity contribution < 1.29 is 4.79 Å². The summed E-state index contributed by atoms with van der Waals surface area (Å²) in [7, 11) is 0. The summed E-state index contributed by atoms with van der Waals surface area (Å²) < 4.78 is 1.81. The molecule has 2 atom stereocenters. The number of hydrogen-bond acceptors (Lipinski definition) is 5. The smallest absolute Gasteiger partial charge is 0.238 e. The Hall–Kier alpha value is -2.74. The summed E-state index contributed by atoms with van der Waals surface area (Å²) in [4.78, 5) is 17.0. The minimum Gasteiger partial charge on any atom is -0.351 e. The summed E-state index contributed by atoms with van der Waals surface area (Å²) in [6.45, 7) is 4.37. The number of pyridine rings is 1. The molecule has 1 aliphatic heterocycles. The van der Waals surface area contributed by atoms with Gasteiger partial charge in [0.25, 0.3) is 0 Å². The Morgan fingerprint density at radius 1 is 1.24 bits per heavy atom. The van der Waals surface area contributed by atoms with Crippen LogP contribution in [0.4, 0.5) is 0 Å². The van der Waals surface area contributed by atoms with Gasteiger partial charge in [0.15, 0.2) is 5.82 Å². The molecule has 0 aliphatic carbocycles. The molecule has 1 aromatic carbocycles. The molecule has 8 heteroatoms. The molecule has 1 aliphatic rings. The molecule has 1 saturated heterocycles. The van der Waals surface area contributed by atoms with Gasteiger partial charge in [-0.3, -0.25) is 4.79 Å². The zero-order valence-corrected chi connectivity index (χ0v) is 17.1. The topological polar surface area (TPSA) is 83.9 Å². The molecular weight excluding hydrogens is 388 g/mol. The molecule has 0 bridgehead atoms. The molecule has 0 radical (unpaired) electrons. The predicted octanol–water partition coefficient (Wildman–Crippen LogP) is 2.76. The third-order valence-electron chi connectivity index (χ3n) is 4.97. The molecule has 0 spiro atoms. The van der Waals surface area contributed by atoms with Gasteiger partial charge in [-0.15, -0.1) is 0 Å². The van der Waals surface area contributed by atoms with E-state index in [9.17, 15) is 4.79 Å². The van der Waals surface area contributed by atoms with Gasteiger partial charge in [0, 0.05) is 29.5 Å². The van der Waals surface area contributed by atoms with Gasteiger partial charge in [0.05, 0.1) is 5.69 Å². The number of hydrogen-bond donors (Lipinski definition) is 3. The lowest BCUT2D eigenvalue weighted by atomic mass is 10.0. The number of nitrogens with one attached hydrogen (secondary N) is 3. The minimum atomic E-state index is -0.305. The molecule has 7 nitrogen and oxygen atoms in total. The van der Waals surface area contributed by atoms with E-state index >= 15 is 0 Å². The maximum atomic E-state index is 12.5. The van der Waals surface area contributed by atoms with Gasteiger partial charge in [-0.2, -0.15) is 5.10 Å². The molecule has 3 aromatic rings. The summed E-state index contributed by atoms with van der Waals surface area (Å²) in [6, 6.07) is 13.3. The Morgan fingerprint density at radius 2 is 2.10 bits per heavy atom. The fourth-order valence-corrected chi connectivity index (χ4v) is 3.69. The molecular formula is C21H23ClN6O. The van der Waals surface area contributed by atoms with Crippen LogP contribution in [-0.2, 0) is 11.3 Å². The van der Waals surface area contributed by atoms with Crippen molar-refractivity contribution >= 4 is 17.5 Å². The summed E-state index contributed by atoms with van der Waals surface area (Å²) in [6.07, 6.45) is 2.42. The van der Waals surface area contributed by atoms with Crippen molar-refractivity contribution in [2.24, 2.45) is 0 Å². The average molecular weight is 411 g/mol. The largest absolute Gasteiger partial charge is 0.351 e. The first kappa shape index (κ1) is 19.6. The molecule has 4 rings (SSSR count). The normalized spacial score (nSPS) is 18.7. The average Bonchev–Trinajstić information content (AvgIpc) is 3.33. The van der Waals surface area contributed by atoms with Gasteiger partial charge in [0.2, 0.25) is 5.91 Å². The number of aromatic nitrogens is 3. The standard InChI is InChI=1S/C21H23ClN6O/c1-13-8-14(2)28(27-13)20-7-6-15(11-23-20)12-24-21(29)19-10-18(25-26-19)16-4-3-5-17(22)9-16/h3-9,11,18-19,25-26H,10,12H2,1-2H3,(H,24,29). The third-order valence-corrected chi connectivity index (χ3v) is 5.21. The lowest BCUT2D eigenvalue weighted by Crippen LogP contribution is -2.42. The number of carbonyl (C=O) groups excluding carboxylic acids is 1. The first-order valence-corrected chi connectivity index (χ1v) is 9.90. The van der Waals surface area contributed by atoms with Crippen LogP contribution >= 0.6 is 11.6 Å². The molecule has 1 fully saturated rings. The number of rotatable bonds is 5. The Morgan fingerprint density at radius 3 is 2.79 bits per heavy atom. The van der Waals surface area contributed by atoms with E-state index in [4.69, 9.17) is 11.6 Å². The Balaban J connectivity index is 1.32. The predicted molar refractivity (Wildman–Crippen MR) is 112 cm³/mol. The van der Waals surface area contributed by atoms with E-state index in [0.717, 1.165) is 28.3 Å². The fraction of sp³-hybridized carbons (Fsp3) is 0.286. The van der Waals surface area contributed by atoms with E-state index in [-0.39, 0.29) is 18.0 Å². The highest BCUT2D eigenvalue weighted by Gasteiger charge is 2.30. The lowest BCUT2D eigenvalue weighted by molar-refractivity contribution is -0.123. The van der Waals surface area contributed by atoms with Crippen LogP contribution < -0.4 is 16.2 Å². The van der Waals surface area contributed by atoms with Gasteiger partial charge < -0.3 is 5.32 Å². The van der Waals surface area contributed by atoms with Crippen LogP contribution in [0.3, 0.4) is 0 Å². The quantitative estimate of drug-likeness (QED) is 0.602. The molecule has 29 heavy (non-hydrogen) atoms. The molecule has 150 valence electrons. The van der Waals surface area contributed by atoms with Crippen molar-refractivity contribution in [3.63, 3.8) is 0 Å². The fourth-order valence-electron chi connectivity index (χ4n) is 3.49. The van der Waals surface area contributed by atoms with Crippen molar-refractivity contribution in [1.82, 2.24) is 30.9 Å². The van der Waals surface area contributed by atoms with Gasteiger partial charge in [-0.25, -0.2) is 20.5 Å². The summed E-state index contributed by atoms with van der Waals surface area (Å²) >= 11 is 6.06. The summed E-state index contributed by atoms with van der Waals surface area (Å²) in [5.74, 6) is 0.710. The van der Waals surface area contributed by atoms with E-state index in [0.29, 0.717) is 18.0 Å². The van der Waals surface area contributed by atoms with E-state index in [1.54, 1.807) is 6.20 Å². The van der Waals surface area contributed by atoms with E-state index in [1.165, 1.54) is 0 Å². The van der Waals surface area contributed by atoms with Crippen molar-refractivity contribution in [2.75, 3.05) is 0 Å². The second-order valence-corrected chi connectivity index (χ2v) is 7.70. The number of halogens is 1. The Bertz CT molecular complexity index is 1020. The van der Waals surface area contributed by atoms with Crippen LogP contribution in [0.5, 0.6) is 0 Å². The van der Waals surface area contributed by atoms with Gasteiger partial charge >= 0.3 is 0 Å². The molecule has 0 saturated carbocycles. The molecule has 1 amide bonds. The van der Waals surface area contributed by atoms with Crippen molar-refractivity contribution in [3.05, 3.63) is 76.2 Å². The number of aryl methyl sites for hydroxylation is 2. The van der Waals surface area contributed by atoms with Crippen LogP contribution in [0.25, 0.3) is 5.82 Å². The van der Waals surface area contributed by atoms with Gasteiger partial charge in [-0.1, -0.05) is 29.8 Å². The minimum absolute atomic E-state index is 0.0474. The lowest BCUT2D eigenvalue weighted by Gasteiger charge is -2.11. The van der Waals surface area contributed by atoms with Crippen LogP contribution in [0.2, 0.25) is 5.02 Å². The zero-order valence-electron chi connectivity index (χ0n) is 16.3. The number of hydrazine groups is 1. The van der Waals surface area contributed by atoms with Crippen LogP contribution in [0, 0.1) is 13.8 Å². The number of amides is 1. The molecule has 2 unspecified atom stereocenters. The molecule has 3 heterocycles. The highest BCUT2D eigenvalue weighted by atomic mass is 35.5. The van der Waals surface area contributed by atoms with Gasteiger partial charge in [0.1, 0.15) is 6.04 Å². The van der Waals surface area contributed by atoms with Crippen molar-refractivity contribution in [2.45, 2.75) is 38.9 Å². The second kappa shape index (κ2) is 8.32. The third kappa shape index (κ3) is 4.48. The monoisotopic (exact) mass is 410 g/mol. The number of benzene rings is 1. The maximum absolute atomic E-state index is 12.5. The second-order valence-electron chi connectivity index (χ2n) is 7.27. The van der Waals surface area contributed by atoms with E-state index in [1.807, 2.05) is 61.0 Å². The highest BCUT2D eigenvalue weighted by molar-refractivity contribution is 6.30.